The Morgan fingerprint density at radius 1 is 1.41 bits per heavy atom. The molecule has 0 amide bonds. The highest BCUT2D eigenvalue weighted by Gasteiger charge is 2.08. The van der Waals surface area contributed by atoms with E-state index in [0.717, 1.165) is 24.2 Å². The third kappa shape index (κ3) is 2.34. The smallest absolute Gasteiger partial charge is 0.106 e. The van der Waals surface area contributed by atoms with Crippen molar-refractivity contribution in [2.24, 2.45) is 7.05 Å². The van der Waals surface area contributed by atoms with E-state index in [1.165, 1.54) is 11.1 Å². The summed E-state index contributed by atoms with van der Waals surface area (Å²) in [5, 5.41) is 3.34. The zero-order valence-corrected chi connectivity index (χ0v) is 11.1. The van der Waals surface area contributed by atoms with Crippen LogP contribution in [0, 0.1) is 6.92 Å². The van der Waals surface area contributed by atoms with Gasteiger partial charge in [0.05, 0.1) is 11.0 Å². The standard InChI is InChI=1S/C14H21N3/c1-5-12(15-3)8-11-6-7-14-13(9-11)16-10(2)17(14)4/h6-7,9,12,15H,5,8H2,1-4H3. The number of fused-ring (bicyclic) bond motifs is 1. The minimum atomic E-state index is 0.553. The third-order valence-corrected chi connectivity index (χ3v) is 3.55. The molecule has 92 valence electrons. The number of benzene rings is 1. The number of nitrogens with one attached hydrogen (secondary N) is 1. The summed E-state index contributed by atoms with van der Waals surface area (Å²) in [6.45, 7) is 4.26. The van der Waals surface area contributed by atoms with E-state index < -0.39 is 0 Å². The quantitative estimate of drug-likeness (QED) is 0.875. The molecule has 1 unspecified atom stereocenters. The van der Waals surface area contributed by atoms with Crippen LogP contribution in [0.25, 0.3) is 11.0 Å². The Morgan fingerprint density at radius 3 is 2.82 bits per heavy atom. The van der Waals surface area contributed by atoms with E-state index in [2.05, 4.69) is 47.0 Å². The van der Waals surface area contributed by atoms with Crippen LogP contribution in [0.2, 0.25) is 0 Å². The largest absolute Gasteiger partial charge is 0.331 e. The van der Waals surface area contributed by atoms with Crippen molar-refractivity contribution in [3.63, 3.8) is 0 Å². The maximum Gasteiger partial charge on any atom is 0.106 e. The molecule has 1 atom stereocenters. The summed E-state index contributed by atoms with van der Waals surface area (Å²) in [6, 6.07) is 7.15. The van der Waals surface area contributed by atoms with Gasteiger partial charge < -0.3 is 9.88 Å². The summed E-state index contributed by atoms with van der Waals surface area (Å²) in [4.78, 5) is 4.57. The number of aryl methyl sites for hydroxylation is 2. The fourth-order valence-corrected chi connectivity index (χ4v) is 2.23. The van der Waals surface area contributed by atoms with E-state index >= 15 is 0 Å². The molecule has 0 spiro atoms. The fourth-order valence-electron chi connectivity index (χ4n) is 2.23. The molecule has 1 N–H and O–H groups in total. The van der Waals surface area contributed by atoms with Crippen LogP contribution in [-0.2, 0) is 13.5 Å². The van der Waals surface area contributed by atoms with Gasteiger partial charge in [0.25, 0.3) is 0 Å². The van der Waals surface area contributed by atoms with Crippen LogP contribution in [0.1, 0.15) is 24.7 Å². The van der Waals surface area contributed by atoms with Crippen molar-refractivity contribution in [3.05, 3.63) is 29.6 Å². The van der Waals surface area contributed by atoms with Crippen molar-refractivity contribution >= 4 is 11.0 Å². The van der Waals surface area contributed by atoms with E-state index in [9.17, 15) is 0 Å². The van der Waals surface area contributed by atoms with Gasteiger partial charge in [0.15, 0.2) is 0 Å². The molecule has 17 heavy (non-hydrogen) atoms. The number of nitrogens with zero attached hydrogens (tertiary/aromatic N) is 2. The van der Waals surface area contributed by atoms with Gasteiger partial charge in [-0.3, -0.25) is 0 Å². The van der Waals surface area contributed by atoms with Crippen LogP contribution in [0.3, 0.4) is 0 Å². The highest BCUT2D eigenvalue weighted by Crippen LogP contribution is 2.17. The van der Waals surface area contributed by atoms with Crippen molar-refractivity contribution in [2.45, 2.75) is 32.7 Å². The van der Waals surface area contributed by atoms with Gasteiger partial charge in [0.2, 0.25) is 0 Å². The molecule has 0 saturated carbocycles. The van der Waals surface area contributed by atoms with Gasteiger partial charge in [-0.05, 0) is 44.5 Å². The average molecular weight is 231 g/mol. The topological polar surface area (TPSA) is 29.9 Å². The highest BCUT2D eigenvalue weighted by molar-refractivity contribution is 5.76. The Bertz CT molecular complexity index is 509. The average Bonchev–Trinajstić information content (AvgIpc) is 2.62. The van der Waals surface area contributed by atoms with Crippen LogP contribution in [0.5, 0.6) is 0 Å². The summed E-state index contributed by atoms with van der Waals surface area (Å²) in [7, 11) is 4.09. The second-order valence-electron chi connectivity index (χ2n) is 4.64. The van der Waals surface area contributed by atoms with Crippen LogP contribution >= 0.6 is 0 Å². The molecular weight excluding hydrogens is 210 g/mol. The van der Waals surface area contributed by atoms with Crippen LogP contribution < -0.4 is 5.32 Å². The van der Waals surface area contributed by atoms with Crippen LogP contribution in [0.15, 0.2) is 18.2 Å². The molecule has 3 nitrogen and oxygen atoms in total. The summed E-state index contributed by atoms with van der Waals surface area (Å²) >= 11 is 0. The van der Waals surface area contributed by atoms with Crippen molar-refractivity contribution in [1.29, 1.82) is 0 Å². The fraction of sp³-hybridized carbons (Fsp3) is 0.500. The van der Waals surface area contributed by atoms with Gasteiger partial charge in [-0.1, -0.05) is 13.0 Å². The second kappa shape index (κ2) is 4.88. The molecule has 0 bridgehead atoms. The second-order valence-corrected chi connectivity index (χ2v) is 4.64. The molecule has 0 saturated heterocycles. The minimum absolute atomic E-state index is 0.553. The molecule has 1 heterocycles. The molecule has 0 aliphatic rings. The number of likely N-dealkylation sites (N-methyl/N-ethyl adjacent to an activating group) is 1. The molecule has 0 radical (unpaired) electrons. The van der Waals surface area contributed by atoms with E-state index in [-0.39, 0.29) is 0 Å². The molecule has 1 aromatic carbocycles. The lowest BCUT2D eigenvalue weighted by Gasteiger charge is -2.13. The molecule has 2 aromatic rings. The van der Waals surface area contributed by atoms with E-state index in [1.807, 2.05) is 14.0 Å². The summed E-state index contributed by atoms with van der Waals surface area (Å²) in [6.07, 6.45) is 2.22. The number of hydrogen-bond acceptors (Lipinski definition) is 2. The van der Waals surface area contributed by atoms with Crippen molar-refractivity contribution in [1.82, 2.24) is 14.9 Å². The Hall–Kier alpha value is -1.35. The first kappa shape index (κ1) is 12.1. The van der Waals surface area contributed by atoms with Gasteiger partial charge in [-0.25, -0.2) is 4.98 Å². The minimum Gasteiger partial charge on any atom is -0.331 e. The lowest BCUT2D eigenvalue weighted by Crippen LogP contribution is -2.26. The molecular formula is C14H21N3. The van der Waals surface area contributed by atoms with Gasteiger partial charge in [-0.15, -0.1) is 0 Å². The summed E-state index contributed by atoms with van der Waals surface area (Å²) in [5.41, 5.74) is 3.68. The van der Waals surface area contributed by atoms with Crippen LogP contribution in [-0.4, -0.2) is 22.6 Å². The van der Waals surface area contributed by atoms with Crippen molar-refractivity contribution in [3.8, 4) is 0 Å². The third-order valence-electron chi connectivity index (χ3n) is 3.55. The Morgan fingerprint density at radius 2 is 2.18 bits per heavy atom. The number of rotatable bonds is 4. The number of imidazole rings is 1. The predicted molar refractivity (Wildman–Crippen MR) is 72.3 cm³/mol. The Balaban J connectivity index is 2.31. The number of hydrogen-bond donors (Lipinski definition) is 1. The molecule has 0 aliphatic heterocycles. The van der Waals surface area contributed by atoms with Gasteiger partial charge in [0.1, 0.15) is 5.82 Å². The Labute approximate surface area is 103 Å². The summed E-state index contributed by atoms with van der Waals surface area (Å²) < 4.78 is 2.13. The maximum atomic E-state index is 4.57. The first-order valence-corrected chi connectivity index (χ1v) is 6.25. The highest BCUT2D eigenvalue weighted by atomic mass is 15.0. The SMILES string of the molecule is CCC(Cc1ccc2c(c1)nc(C)n2C)NC. The number of aromatic nitrogens is 2. The van der Waals surface area contributed by atoms with Gasteiger partial charge in [0, 0.05) is 13.1 Å². The molecule has 0 fully saturated rings. The first-order valence-electron chi connectivity index (χ1n) is 6.25. The van der Waals surface area contributed by atoms with E-state index in [4.69, 9.17) is 0 Å². The predicted octanol–water partition coefficient (Wildman–Crippen LogP) is 2.42. The molecule has 3 heteroatoms. The van der Waals surface area contributed by atoms with Gasteiger partial charge >= 0.3 is 0 Å². The zero-order chi connectivity index (χ0) is 12.4. The molecule has 0 aliphatic carbocycles. The van der Waals surface area contributed by atoms with E-state index in [1.54, 1.807) is 0 Å². The van der Waals surface area contributed by atoms with Crippen molar-refractivity contribution in [2.75, 3.05) is 7.05 Å². The Kier molecular flexibility index (Phi) is 3.48. The maximum absolute atomic E-state index is 4.57. The van der Waals surface area contributed by atoms with Crippen LogP contribution in [0.4, 0.5) is 0 Å². The molecule has 1 aromatic heterocycles. The monoisotopic (exact) mass is 231 g/mol. The van der Waals surface area contributed by atoms with E-state index in [0.29, 0.717) is 6.04 Å². The van der Waals surface area contributed by atoms with Crippen molar-refractivity contribution < 1.29 is 0 Å². The normalized spacial score (nSPS) is 13.2. The lowest BCUT2D eigenvalue weighted by atomic mass is 10.0. The molecule has 2 rings (SSSR count). The lowest BCUT2D eigenvalue weighted by molar-refractivity contribution is 0.543. The summed E-state index contributed by atoms with van der Waals surface area (Å²) in [5.74, 6) is 1.07. The van der Waals surface area contributed by atoms with Gasteiger partial charge in [-0.2, -0.15) is 0 Å². The first-order chi connectivity index (χ1) is 8.15. The zero-order valence-electron chi connectivity index (χ0n) is 11.1.